The van der Waals surface area contributed by atoms with Crippen LogP contribution in [0.4, 0.5) is 5.69 Å². The van der Waals surface area contributed by atoms with Gasteiger partial charge in [-0.3, -0.25) is 9.79 Å². The Morgan fingerprint density at radius 3 is 2.55 bits per heavy atom. The second kappa shape index (κ2) is 10.1. The van der Waals surface area contributed by atoms with Gasteiger partial charge in [0, 0.05) is 27.9 Å². The molecular weight excluding hydrogens is 508 g/mol. The standard InChI is InChI=1S/C28H24N2O7S/c1-2-37-28(36)23-19-9-5-6-10-22(19)38-26(23)30-24(32)17-8-4-3-7-16(17)20(25(30)33)14-29-15-11-12-18(27(34)35)21(31)13-15/h3-4,7-8,11-14,31,33H,2,5-6,9-10H2,1H3,(H,34,35). The first-order valence-corrected chi connectivity index (χ1v) is 12.9. The van der Waals surface area contributed by atoms with Crippen LogP contribution in [0.3, 0.4) is 0 Å². The maximum atomic E-state index is 13.7. The first-order chi connectivity index (χ1) is 18.3. The zero-order chi connectivity index (χ0) is 27.0. The number of phenols is 1. The van der Waals surface area contributed by atoms with Gasteiger partial charge in [-0.1, -0.05) is 18.2 Å². The zero-order valence-electron chi connectivity index (χ0n) is 20.4. The molecule has 0 saturated heterocycles. The summed E-state index contributed by atoms with van der Waals surface area (Å²) in [6.07, 6.45) is 4.70. The average Bonchev–Trinajstić information content (AvgIpc) is 3.28. The molecule has 3 N–H and O–H groups in total. The number of aliphatic imine (C=N–C) groups is 1. The van der Waals surface area contributed by atoms with Crippen LogP contribution in [0, 0.1) is 0 Å². The molecule has 0 fully saturated rings. The molecular formula is C28H24N2O7S. The summed E-state index contributed by atoms with van der Waals surface area (Å²) in [5.41, 5.74) is 0.882. The van der Waals surface area contributed by atoms with E-state index in [2.05, 4.69) is 4.99 Å². The number of nitrogens with zero attached hydrogens (tertiary/aromatic N) is 2. The van der Waals surface area contributed by atoms with Gasteiger partial charge >= 0.3 is 11.9 Å². The van der Waals surface area contributed by atoms with Crippen LogP contribution in [0.5, 0.6) is 11.6 Å². The van der Waals surface area contributed by atoms with Crippen molar-refractivity contribution in [1.29, 1.82) is 0 Å². The molecule has 0 unspecified atom stereocenters. The van der Waals surface area contributed by atoms with Crippen molar-refractivity contribution in [1.82, 2.24) is 4.57 Å². The van der Waals surface area contributed by atoms with Crippen molar-refractivity contribution in [3.63, 3.8) is 0 Å². The van der Waals surface area contributed by atoms with Gasteiger partial charge < -0.3 is 20.1 Å². The molecule has 5 rings (SSSR count). The van der Waals surface area contributed by atoms with Gasteiger partial charge in [-0.2, -0.15) is 0 Å². The number of hydrogen-bond donors (Lipinski definition) is 3. The Morgan fingerprint density at radius 2 is 1.84 bits per heavy atom. The van der Waals surface area contributed by atoms with Crippen LogP contribution in [-0.2, 0) is 17.6 Å². The third kappa shape index (κ3) is 4.32. The number of rotatable bonds is 6. The van der Waals surface area contributed by atoms with Gasteiger partial charge in [-0.05, 0) is 56.4 Å². The highest BCUT2D eigenvalue weighted by Gasteiger charge is 2.30. The van der Waals surface area contributed by atoms with Gasteiger partial charge in [0.15, 0.2) is 0 Å². The number of aryl methyl sites for hydroxylation is 1. The number of hydrogen-bond acceptors (Lipinski definition) is 8. The Labute approximate surface area is 220 Å². The van der Waals surface area contributed by atoms with Crippen LogP contribution < -0.4 is 5.56 Å². The Hall–Kier alpha value is -4.44. The molecule has 9 nitrogen and oxygen atoms in total. The predicted molar refractivity (Wildman–Crippen MR) is 144 cm³/mol. The lowest BCUT2D eigenvalue weighted by Gasteiger charge is -2.15. The van der Waals surface area contributed by atoms with Crippen LogP contribution in [0.25, 0.3) is 15.8 Å². The molecule has 0 radical (unpaired) electrons. The minimum atomic E-state index is -1.27. The largest absolute Gasteiger partial charge is 0.507 e. The molecule has 194 valence electrons. The summed E-state index contributed by atoms with van der Waals surface area (Å²) in [6.45, 7) is 1.89. The number of esters is 1. The van der Waals surface area contributed by atoms with E-state index in [1.165, 1.54) is 35.8 Å². The van der Waals surface area contributed by atoms with Crippen LogP contribution >= 0.6 is 11.3 Å². The fourth-order valence-corrected chi connectivity index (χ4v) is 6.10. The van der Waals surface area contributed by atoms with Crippen molar-refractivity contribution >= 4 is 45.9 Å². The smallest absolute Gasteiger partial charge is 0.341 e. The highest BCUT2D eigenvalue weighted by Crippen LogP contribution is 2.39. The minimum absolute atomic E-state index is 0.174. The number of carboxylic acids is 1. The first kappa shape index (κ1) is 25.2. The lowest BCUT2D eigenvalue weighted by Crippen LogP contribution is -2.22. The molecule has 1 aliphatic rings. The number of carbonyl (C=O) groups excluding carboxylic acids is 1. The van der Waals surface area contributed by atoms with Crippen LogP contribution in [0.2, 0.25) is 0 Å². The van der Waals surface area contributed by atoms with Crippen molar-refractivity contribution in [3.8, 4) is 16.6 Å². The van der Waals surface area contributed by atoms with Crippen molar-refractivity contribution < 1.29 is 29.6 Å². The lowest BCUT2D eigenvalue weighted by atomic mass is 9.95. The number of carboxylic acid groups (broad SMARTS) is 1. The number of aromatic carboxylic acids is 1. The Morgan fingerprint density at radius 1 is 1.11 bits per heavy atom. The van der Waals surface area contributed by atoms with E-state index >= 15 is 0 Å². The molecule has 0 spiro atoms. The number of fused-ring (bicyclic) bond motifs is 2. The zero-order valence-corrected chi connectivity index (χ0v) is 21.2. The quantitative estimate of drug-likeness (QED) is 0.235. The van der Waals surface area contributed by atoms with Gasteiger partial charge in [0.2, 0.25) is 5.88 Å². The van der Waals surface area contributed by atoms with Crippen molar-refractivity contribution in [3.05, 3.63) is 79.9 Å². The molecule has 10 heteroatoms. The maximum Gasteiger partial charge on any atom is 0.341 e. The second-order valence-corrected chi connectivity index (χ2v) is 9.88. The lowest BCUT2D eigenvalue weighted by molar-refractivity contribution is 0.0525. The van der Waals surface area contributed by atoms with E-state index in [1.54, 1.807) is 31.2 Å². The number of pyridine rings is 1. The van der Waals surface area contributed by atoms with Gasteiger partial charge in [-0.25, -0.2) is 14.2 Å². The number of ether oxygens (including phenoxy) is 1. The summed E-state index contributed by atoms with van der Waals surface area (Å²) in [6, 6.07) is 10.6. The molecule has 0 saturated carbocycles. The molecule has 2 aromatic carbocycles. The van der Waals surface area contributed by atoms with Gasteiger partial charge in [0.05, 0.1) is 23.4 Å². The van der Waals surface area contributed by atoms with Crippen molar-refractivity contribution in [2.75, 3.05) is 6.61 Å². The third-order valence-electron chi connectivity index (χ3n) is 6.49. The average molecular weight is 533 g/mol. The molecule has 0 aliphatic heterocycles. The summed E-state index contributed by atoms with van der Waals surface area (Å²) in [4.78, 5) is 43.3. The fourth-order valence-electron chi connectivity index (χ4n) is 4.72. The third-order valence-corrected chi connectivity index (χ3v) is 7.77. The van der Waals surface area contributed by atoms with Crippen LogP contribution in [0.1, 0.15) is 56.5 Å². The van der Waals surface area contributed by atoms with Gasteiger partial charge in [-0.15, -0.1) is 11.3 Å². The topological polar surface area (TPSA) is 138 Å². The van der Waals surface area contributed by atoms with E-state index < -0.39 is 29.1 Å². The summed E-state index contributed by atoms with van der Waals surface area (Å²) >= 11 is 1.30. The molecule has 0 bridgehead atoms. The molecule has 1 aliphatic carbocycles. The van der Waals surface area contributed by atoms with Crippen LogP contribution in [0.15, 0.2) is 52.3 Å². The van der Waals surface area contributed by atoms with E-state index in [1.807, 2.05) is 0 Å². The highest BCUT2D eigenvalue weighted by atomic mass is 32.1. The van der Waals surface area contributed by atoms with E-state index in [-0.39, 0.29) is 23.4 Å². The second-order valence-electron chi connectivity index (χ2n) is 8.80. The van der Waals surface area contributed by atoms with E-state index in [9.17, 15) is 24.6 Å². The Bertz CT molecular complexity index is 1680. The minimum Gasteiger partial charge on any atom is -0.507 e. The maximum absolute atomic E-state index is 13.7. The number of aromatic hydroxyl groups is 2. The fraction of sp³-hybridized carbons (Fsp3) is 0.214. The molecule has 38 heavy (non-hydrogen) atoms. The normalized spacial score (nSPS) is 13.1. The Balaban J connectivity index is 1.73. The molecule has 0 amide bonds. The summed E-state index contributed by atoms with van der Waals surface area (Å²) in [7, 11) is 0. The monoisotopic (exact) mass is 532 g/mol. The first-order valence-electron chi connectivity index (χ1n) is 12.1. The van der Waals surface area contributed by atoms with Crippen molar-refractivity contribution in [2.24, 2.45) is 4.99 Å². The van der Waals surface area contributed by atoms with E-state index in [0.717, 1.165) is 34.3 Å². The molecule has 2 heterocycles. The number of carbonyl (C=O) groups is 2. The van der Waals surface area contributed by atoms with Crippen LogP contribution in [-0.4, -0.2) is 44.6 Å². The summed E-state index contributed by atoms with van der Waals surface area (Å²) < 4.78 is 6.48. The SMILES string of the molecule is CCOC(=O)c1c(-n2c(O)c(C=Nc3ccc(C(=O)O)c(O)c3)c3ccccc3c2=O)sc2c1CCCC2. The number of thiophene rings is 1. The van der Waals surface area contributed by atoms with E-state index in [0.29, 0.717) is 27.8 Å². The highest BCUT2D eigenvalue weighted by molar-refractivity contribution is 7.15. The number of aromatic nitrogens is 1. The predicted octanol–water partition coefficient (Wildman–Crippen LogP) is 4.97. The number of benzene rings is 2. The van der Waals surface area contributed by atoms with E-state index in [4.69, 9.17) is 9.84 Å². The molecule has 4 aromatic rings. The van der Waals surface area contributed by atoms with Gasteiger partial charge in [0.1, 0.15) is 16.3 Å². The van der Waals surface area contributed by atoms with Gasteiger partial charge in [0.25, 0.3) is 5.56 Å². The summed E-state index contributed by atoms with van der Waals surface area (Å²) in [5, 5.41) is 31.7. The molecule has 2 aromatic heterocycles. The molecule has 0 atom stereocenters. The van der Waals surface area contributed by atoms with Crippen molar-refractivity contribution in [2.45, 2.75) is 32.6 Å². The Kier molecular flexibility index (Phi) is 6.73. The summed E-state index contributed by atoms with van der Waals surface area (Å²) in [5.74, 6) is -2.65.